The van der Waals surface area contributed by atoms with E-state index in [0.29, 0.717) is 11.6 Å². The van der Waals surface area contributed by atoms with E-state index in [2.05, 4.69) is 29.2 Å². The first-order valence-electron chi connectivity index (χ1n) is 9.73. The third kappa shape index (κ3) is 5.40. The lowest BCUT2D eigenvalue weighted by Gasteiger charge is -2.37. The summed E-state index contributed by atoms with van der Waals surface area (Å²) >= 11 is 8.06. The highest BCUT2D eigenvalue weighted by atomic mass is 35.5. The van der Waals surface area contributed by atoms with Gasteiger partial charge in [0.05, 0.1) is 23.0 Å². The van der Waals surface area contributed by atoms with E-state index in [-0.39, 0.29) is 17.2 Å². The second-order valence-electron chi connectivity index (χ2n) is 7.15. The van der Waals surface area contributed by atoms with Crippen molar-refractivity contribution in [1.29, 1.82) is 0 Å². The fourth-order valence-corrected chi connectivity index (χ4v) is 5.10. The SMILES string of the molecule is Fc1cccc([C@@H](Sc2ccccc2Cl)C2CN(Cc3ccccc3)CCO2)c1. The first-order valence-corrected chi connectivity index (χ1v) is 11.0. The molecule has 2 atom stereocenters. The van der Waals surface area contributed by atoms with Gasteiger partial charge in [0.2, 0.25) is 0 Å². The number of hydrogen-bond acceptors (Lipinski definition) is 3. The summed E-state index contributed by atoms with van der Waals surface area (Å²) in [5.41, 5.74) is 2.20. The zero-order valence-electron chi connectivity index (χ0n) is 16.0. The minimum absolute atomic E-state index is 0.0517. The van der Waals surface area contributed by atoms with Crippen molar-refractivity contribution in [3.8, 4) is 0 Å². The molecule has 0 saturated carbocycles. The molecule has 4 rings (SSSR count). The maximum absolute atomic E-state index is 14.0. The van der Waals surface area contributed by atoms with Crippen LogP contribution in [0.3, 0.4) is 0 Å². The van der Waals surface area contributed by atoms with Crippen LogP contribution in [-0.4, -0.2) is 30.7 Å². The summed E-state index contributed by atoms with van der Waals surface area (Å²) in [5, 5.41) is 0.653. The van der Waals surface area contributed by atoms with Crippen LogP contribution in [0.15, 0.2) is 83.8 Å². The number of rotatable bonds is 6. The van der Waals surface area contributed by atoms with Crippen molar-refractivity contribution in [2.45, 2.75) is 22.8 Å². The Kier molecular flexibility index (Phi) is 6.88. The average molecular weight is 428 g/mol. The molecule has 1 fully saturated rings. The highest BCUT2D eigenvalue weighted by molar-refractivity contribution is 7.99. The zero-order valence-corrected chi connectivity index (χ0v) is 17.6. The second-order valence-corrected chi connectivity index (χ2v) is 8.74. The molecule has 0 spiro atoms. The molecule has 1 aliphatic rings. The van der Waals surface area contributed by atoms with Crippen molar-refractivity contribution in [1.82, 2.24) is 4.90 Å². The predicted octanol–water partition coefficient (Wildman–Crippen LogP) is 6.21. The Morgan fingerprint density at radius 1 is 1.03 bits per heavy atom. The van der Waals surface area contributed by atoms with E-state index >= 15 is 0 Å². The van der Waals surface area contributed by atoms with Gasteiger partial charge in [0.25, 0.3) is 0 Å². The number of ether oxygens (including phenoxy) is 1. The van der Waals surface area contributed by atoms with Crippen LogP contribution in [-0.2, 0) is 11.3 Å². The molecular formula is C24H23ClFNOS. The molecule has 1 saturated heterocycles. The molecule has 2 nitrogen and oxygen atoms in total. The lowest BCUT2D eigenvalue weighted by molar-refractivity contribution is -0.0320. The standard InChI is InChI=1S/C24H23ClFNOS/c25-21-11-4-5-12-23(21)29-24(19-9-6-10-20(26)15-19)22-17-27(13-14-28-22)16-18-7-2-1-3-8-18/h1-12,15,22,24H,13-14,16-17H2/t22?,24-/m1/s1. The second kappa shape index (κ2) is 9.77. The van der Waals surface area contributed by atoms with Crippen molar-refractivity contribution in [3.05, 3.63) is 101 Å². The van der Waals surface area contributed by atoms with Gasteiger partial charge in [-0.1, -0.05) is 66.2 Å². The molecule has 0 radical (unpaired) electrons. The van der Waals surface area contributed by atoms with Crippen molar-refractivity contribution in [3.63, 3.8) is 0 Å². The molecule has 0 amide bonds. The van der Waals surface area contributed by atoms with Gasteiger partial charge in [-0.3, -0.25) is 4.90 Å². The minimum atomic E-state index is -0.232. The third-order valence-electron chi connectivity index (χ3n) is 5.03. The highest BCUT2D eigenvalue weighted by Crippen LogP contribution is 2.42. The number of benzene rings is 3. The van der Waals surface area contributed by atoms with E-state index in [0.717, 1.165) is 30.1 Å². The third-order valence-corrected chi connectivity index (χ3v) is 6.91. The molecule has 5 heteroatoms. The fourth-order valence-electron chi connectivity index (χ4n) is 3.62. The van der Waals surface area contributed by atoms with Gasteiger partial charge in [-0.25, -0.2) is 4.39 Å². The summed E-state index contributed by atoms with van der Waals surface area (Å²) in [4.78, 5) is 3.38. The van der Waals surface area contributed by atoms with Gasteiger partial charge in [0.1, 0.15) is 5.82 Å². The quantitative estimate of drug-likeness (QED) is 0.433. The molecule has 0 aliphatic carbocycles. The summed E-state index contributed by atoms with van der Waals surface area (Å²) in [6, 6.07) is 25.0. The Morgan fingerprint density at radius 2 is 1.83 bits per heavy atom. The number of morpholine rings is 1. The normalized spacial score (nSPS) is 18.5. The smallest absolute Gasteiger partial charge is 0.123 e. The molecule has 3 aromatic carbocycles. The topological polar surface area (TPSA) is 12.5 Å². The molecule has 0 N–H and O–H groups in total. The zero-order chi connectivity index (χ0) is 20.1. The monoisotopic (exact) mass is 427 g/mol. The van der Waals surface area contributed by atoms with Crippen LogP contribution < -0.4 is 0 Å². The lowest BCUT2D eigenvalue weighted by atomic mass is 10.1. The Hall–Kier alpha value is -1.85. The Labute approximate surface area is 180 Å². The van der Waals surface area contributed by atoms with Gasteiger partial charge in [-0.2, -0.15) is 0 Å². The molecule has 1 heterocycles. The molecule has 0 bridgehead atoms. The molecule has 0 aromatic heterocycles. The molecule has 1 unspecified atom stereocenters. The van der Waals surface area contributed by atoms with Crippen molar-refractivity contribution in [2.75, 3.05) is 19.7 Å². The van der Waals surface area contributed by atoms with Crippen molar-refractivity contribution >= 4 is 23.4 Å². The van der Waals surface area contributed by atoms with Gasteiger partial charge in [0.15, 0.2) is 0 Å². The van der Waals surface area contributed by atoms with Crippen LogP contribution in [0.25, 0.3) is 0 Å². The van der Waals surface area contributed by atoms with Crippen LogP contribution >= 0.6 is 23.4 Å². The number of hydrogen-bond donors (Lipinski definition) is 0. The number of thioether (sulfide) groups is 1. The van der Waals surface area contributed by atoms with Gasteiger partial charge < -0.3 is 4.74 Å². The van der Waals surface area contributed by atoms with Gasteiger partial charge in [0, 0.05) is 24.5 Å². The molecule has 150 valence electrons. The Balaban J connectivity index is 1.57. The molecule has 3 aromatic rings. The summed E-state index contributed by atoms with van der Waals surface area (Å²) < 4.78 is 20.2. The summed E-state index contributed by atoms with van der Waals surface area (Å²) in [5.74, 6) is -0.232. The Morgan fingerprint density at radius 3 is 2.62 bits per heavy atom. The summed E-state index contributed by atoms with van der Waals surface area (Å²) in [7, 11) is 0. The minimum Gasteiger partial charge on any atom is -0.374 e. The molecule has 1 aliphatic heterocycles. The van der Waals surface area contributed by atoms with E-state index < -0.39 is 0 Å². The van der Waals surface area contributed by atoms with E-state index in [1.54, 1.807) is 23.9 Å². The first kappa shape index (κ1) is 20.4. The predicted molar refractivity (Wildman–Crippen MR) is 118 cm³/mol. The maximum Gasteiger partial charge on any atom is 0.123 e. The highest BCUT2D eigenvalue weighted by Gasteiger charge is 2.31. The van der Waals surface area contributed by atoms with E-state index in [1.165, 1.54) is 11.6 Å². The maximum atomic E-state index is 14.0. The number of halogens is 2. The Bertz CT molecular complexity index is 939. The number of nitrogens with zero attached hydrogens (tertiary/aromatic N) is 1. The summed E-state index contributed by atoms with van der Waals surface area (Å²) in [6.45, 7) is 3.21. The van der Waals surface area contributed by atoms with Crippen LogP contribution in [0, 0.1) is 5.82 Å². The van der Waals surface area contributed by atoms with Crippen molar-refractivity contribution in [2.24, 2.45) is 0 Å². The van der Waals surface area contributed by atoms with Gasteiger partial charge in [-0.15, -0.1) is 11.8 Å². The van der Waals surface area contributed by atoms with E-state index in [9.17, 15) is 4.39 Å². The molecular weight excluding hydrogens is 405 g/mol. The van der Waals surface area contributed by atoms with Crippen LogP contribution in [0.1, 0.15) is 16.4 Å². The fraction of sp³-hybridized carbons (Fsp3) is 0.250. The van der Waals surface area contributed by atoms with Crippen LogP contribution in [0.5, 0.6) is 0 Å². The molecule has 29 heavy (non-hydrogen) atoms. The van der Waals surface area contributed by atoms with E-state index in [4.69, 9.17) is 16.3 Å². The average Bonchev–Trinajstić information content (AvgIpc) is 2.74. The van der Waals surface area contributed by atoms with E-state index in [1.807, 2.05) is 36.4 Å². The largest absolute Gasteiger partial charge is 0.374 e. The van der Waals surface area contributed by atoms with Gasteiger partial charge in [-0.05, 0) is 35.4 Å². The van der Waals surface area contributed by atoms with Crippen molar-refractivity contribution < 1.29 is 9.13 Å². The lowest BCUT2D eigenvalue weighted by Crippen LogP contribution is -2.44. The van der Waals surface area contributed by atoms with Crippen LogP contribution in [0.4, 0.5) is 4.39 Å². The van der Waals surface area contributed by atoms with Gasteiger partial charge >= 0.3 is 0 Å². The first-order chi connectivity index (χ1) is 14.2. The van der Waals surface area contributed by atoms with Crippen LogP contribution in [0.2, 0.25) is 5.02 Å². The summed E-state index contributed by atoms with van der Waals surface area (Å²) in [6.07, 6.45) is -0.0597.